The van der Waals surface area contributed by atoms with E-state index < -0.39 is 0 Å². The van der Waals surface area contributed by atoms with Gasteiger partial charge in [0.05, 0.1) is 6.54 Å². The smallest absolute Gasteiger partial charge is 0.222 e. The van der Waals surface area contributed by atoms with E-state index in [0.717, 1.165) is 37.3 Å². The maximum Gasteiger partial charge on any atom is 0.222 e. The number of nitrogens with zero attached hydrogens (tertiary/aromatic N) is 2. The molecular weight excluding hydrogens is 202 g/mol. The Bertz CT molecular complexity index is 384. The fourth-order valence-corrected chi connectivity index (χ4v) is 2.19. The summed E-state index contributed by atoms with van der Waals surface area (Å²) in [5, 5.41) is 0. The number of likely N-dealkylation sites (tertiary alicyclic amines) is 1. The van der Waals surface area contributed by atoms with Crippen LogP contribution in [0.3, 0.4) is 0 Å². The lowest BCUT2D eigenvalue weighted by Crippen LogP contribution is -2.35. The highest BCUT2D eigenvalue weighted by Crippen LogP contribution is 2.15. The number of amides is 1. The van der Waals surface area contributed by atoms with Crippen LogP contribution in [0.4, 0.5) is 0 Å². The van der Waals surface area contributed by atoms with Gasteiger partial charge in [0.2, 0.25) is 5.91 Å². The van der Waals surface area contributed by atoms with E-state index in [-0.39, 0.29) is 5.91 Å². The van der Waals surface area contributed by atoms with Crippen LogP contribution in [0.15, 0.2) is 12.1 Å². The van der Waals surface area contributed by atoms with E-state index in [0.29, 0.717) is 13.0 Å². The van der Waals surface area contributed by atoms with Crippen molar-refractivity contribution >= 4 is 5.91 Å². The Hall–Kier alpha value is -1.29. The van der Waals surface area contributed by atoms with Gasteiger partial charge in [0, 0.05) is 37.9 Å². The van der Waals surface area contributed by atoms with Gasteiger partial charge in [0.15, 0.2) is 0 Å². The monoisotopic (exact) mass is 221 g/mol. The molecule has 0 saturated carbocycles. The van der Waals surface area contributed by atoms with E-state index in [1.54, 1.807) is 0 Å². The Balaban J connectivity index is 2.07. The molecule has 0 bridgehead atoms. The van der Waals surface area contributed by atoms with Gasteiger partial charge in [-0.05, 0) is 25.0 Å². The van der Waals surface area contributed by atoms with Crippen LogP contribution in [-0.2, 0) is 24.9 Å². The molecule has 1 aromatic rings. The quantitative estimate of drug-likeness (QED) is 0.827. The largest absolute Gasteiger partial charge is 0.349 e. The summed E-state index contributed by atoms with van der Waals surface area (Å²) >= 11 is 0. The number of hydrogen-bond acceptors (Lipinski definition) is 2. The van der Waals surface area contributed by atoms with E-state index in [1.165, 1.54) is 0 Å². The van der Waals surface area contributed by atoms with E-state index >= 15 is 0 Å². The highest BCUT2D eigenvalue weighted by atomic mass is 16.2. The zero-order valence-corrected chi connectivity index (χ0v) is 9.78. The second kappa shape index (κ2) is 4.70. The van der Waals surface area contributed by atoms with Crippen molar-refractivity contribution in [3.63, 3.8) is 0 Å². The minimum Gasteiger partial charge on any atom is -0.349 e. The van der Waals surface area contributed by atoms with Crippen molar-refractivity contribution in [2.24, 2.45) is 12.8 Å². The summed E-state index contributed by atoms with van der Waals surface area (Å²) in [6.45, 7) is 2.15. The molecule has 0 atom stereocenters. The molecule has 2 heterocycles. The standard InChI is InChI=1S/C12H19N3O/c1-14-10(8-13)5-6-11(14)9-15-7-3-2-4-12(15)16/h5-6H,2-4,7-9,13H2,1H3. The van der Waals surface area contributed by atoms with Gasteiger partial charge >= 0.3 is 0 Å². The summed E-state index contributed by atoms with van der Waals surface area (Å²) in [6.07, 6.45) is 2.87. The molecule has 1 aliphatic heterocycles. The summed E-state index contributed by atoms with van der Waals surface area (Å²) in [5.41, 5.74) is 7.90. The number of nitrogens with two attached hydrogens (primary N) is 1. The first-order valence-corrected chi connectivity index (χ1v) is 5.83. The third-order valence-corrected chi connectivity index (χ3v) is 3.31. The number of carbonyl (C=O) groups excluding carboxylic acids is 1. The van der Waals surface area contributed by atoms with Gasteiger partial charge in [0.1, 0.15) is 0 Å². The Kier molecular flexibility index (Phi) is 3.29. The fourth-order valence-electron chi connectivity index (χ4n) is 2.19. The second-order valence-corrected chi connectivity index (χ2v) is 4.35. The maximum atomic E-state index is 11.7. The zero-order valence-electron chi connectivity index (χ0n) is 9.78. The van der Waals surface area contributed by atoms with E-state index in [1.807, 2.05) is 18.0 Å². The third kappa shape index (κ3) is 2.11. The molecule has 0 radical (unpaired) electrons. The summed E-state index contributed by atoms with van der Waals surface area (Å²) in [4.78, 5) is 13.6. The second-order valence-electron chi connectivity index (χ2n) is 4.35. The summed E-state index contributed by atoms with van der Waals surface area (Å²) < 4.78 is 2.09. The minimum atomic E-state index is 0.279. The number of hydrogen-bond donors (Lipinski definition) is 1. The molecule has 88 valence electrons. The summed E-state index contributed by atoms with van der Waals surface area (Å²) in [7, 11) is 2.01. The maximum absolute atomic E-state index is 11.7. The van der Waals surface area contributed by atoms with Crippen molar-refractivity contribution in [1.82, 2.24) is 9.47 Å². The predicted octanol–water partition coefficient (Wildman–Crippen LogP) is 0.996. The van der Waals surface area contributed by atoms with Crippen LogP contribution in [0.25, 0.3) is 0 Å². The molecule has 1 saturated heterocycles. The molecule has 2 rings (SSSR count). The number of carbonyl (C=O) groups is 1. The predicted molar refractivity (Wildman–Crippen MR) is 62.6 cm³/mol. The molecule has 1 aromatic heterocycles. The van der Waals surface area contributed by atoms with Crippen LogP contribution in [-0.4, -0.2) is 21.9 Å². The number of piperidine rings is 1. The lowest BCUT2D eigenvalue weighted by Gasteiger charge is -2.27. The Morgan fingerprint density at radius 3 is 2.69 bits per heavy atom. The van der Waals surface area contributed by atoms with Crippen LogP contribution in [0.5, 0.6) is 0 Å². The van der Waals surface area contributed by atoms with E-state index in [2.05, 4.69) is 10.6 Å². The normalized spacial score (nSPS) is 16.9. The summed E-state index contributed by atoms with van der Waals surface area (Å²) in [5.74, 6) is 0.279. The Morgan fingerprint density at radius 2 is 2.06 bits per heavy atom. The third-order valence-electron chi connectivity index (χ3n) is 3.31. The van der Waals surface area contributed by atoms with Crippen molar-refractivity contribution in [3.05, 3.63) is 23.5 Å². The minimum absolute atomic E-state index is 0.279. The molecule has 0 unspecified atom stereocenters. The Labute approximate surface area is 96.0 Å². The highest BCUT2D eigenvalue weighted by molar-refractivity contribution is 5.76. The topological polar surface area (TPSA) is 51.3 Å². The van der Waals surface area contributed by atoms with Crippen LogP contribution in [0.1, 0.15) is 30.7 Å². The van der Waals surface area contributed by atoms with Gasteiger partial charge < -0.3 is 15.2 Å². The van der Waals surface area contributed by atoms with Crippen molar-refractivity contribution < 1.29 is 4.79 Å². The van der Waals surface area contributed by atoms with Crippen molar-refractivity contribution in [2.75, 3.05) is 6.54 Å². The molecule has 4 nitrogen and oxygen atoms in total. The molecule has 4 heteroatoms. The highest BCUT2D eigenvalue weighted by Gasteiger charge is 2.19. The average molecular weight is 221 g/mol. The Morgan fingerprint density at radius 1 is 1.31 bits per heavy atom. The molecule has 2 N–H and O–H groups in total. The number of aromatic nitrogens is 1. The zero-order chi connectivity index (χ0) is 11.5. The summed E-state index contributed by atoms with van der Waals surface area (Å²) in [6, 6.07) is 4.09. The number of rotatable bonds is 3. The molecule has 1 fully saturated rings. The fraction of sp³-hybridized carbons (Fsp3) is 0.583. The molecule has 0 aromatic carbocycles. The molecule has 1 aliphatic rings. The van der Waals surface area contributed by atoms with Crippen molar-refractivity contribution in [2.45, 2.75) is 32.4 Å². The van der Waals surface area contributed by atoms with Crippen LogP contribution in [0, 0.1) is 0 Å². The van der Waals surface area contributed by atoms with Gasteiger partial charge in [-0.1, -0.05) is 0 Å². The van der Waals surface area contributed by atoms with Crippen LogP contribution >= 0.6 is 0 Å². The van der Waals surface area contributed by atoms with E-state index in [9.17, 15) is 4.79 Å². The van der Waals surface area contributed by atoms with Crippen molar-refractivity contribution in [1.29, 1.82) is 0 Å². The van der Waals surface area contributed by atoms with Gasteiger partial charge in [-0.25, -0.2) is 0 Å². The first-order chi connectivity index (χ1) is 7.72. The van der Waals surface area contributed by atoms with Gasteiger partial charge in [-0.3, -0.25) is 4.79 Å². The van der Waals surface area contributed by atoms with Gasteiger partial charge in [-0.2, -0.15) is 0 Å². The molecule has 1 amide bonds. The van der Waals surface area contributed by atoms with Crippen LogP contribution < -0.4 is 5.73 Å². The first kappa shape index (κ1) is 11.2. The van der Waals surface area contributed by atoms with Gasteiger partial charge in [0.25, 0.3) is 0 Å². The SMILES string of the molecule is Cn1c(CN)ccc1CN1CCCCC1=O. The average Bonchev–Trinajstić information content (AvgIpc) is 2.63. The van der Waals surface area contributed by atoms with E-state index in [4.69, 9.17) is 5.73 Å². The van der Waals surface area contributed by atoms with Gasteiger partial charge in [-0.15, -0.1) is 0 Å². The van der Waals surface area contributed by atoms with Crippen LogP contribution in [0.2, 0.25) is 0 Å². The molecule has 16 heavy (non-hydrogen) atoms. The molecule has 0 aliphatic carbocycles. The lowest BCUT2D eigenvalue weighted by atomic mass is 10.1. The van der Waals surface area contributed by atoms with Crippen molar-refractivity contribution in [3.8, 4) is 0 Å². The lowest BCUT2D eigenvalue weighted by molar-refractivity contribution is -0.133. The molecular formula is C12H19N3O. The molecule has 0 spiro atoms. The first-order valence-electron chi connectivity index (χ1n) is 5.83.